The lowest BCUT2D eigenvalue weighted by Crippen LogP contribution is -2.47. The van der Waals surface area contributed by atoms with Crippen molar-refractivity contribution in [3.63, 3.8) is 0 Å². The minimum atomic E-state index is 0.230. The van der Waals surface area contributed by atoms with Crippen LogP contribution in [0.5, 0.6) is 0 Å². The molecule has 3 aromatic rings. The standard InChI is InChI=1S/C20H26N6O/c1-2-19(20-21-22-23-26(20)16-18-9-6-14-27-18)25-12-10-24(11-13-25)15-17-7-4-3-5-8-17/h3-9,14,19H,2,10-13,15-16H2,1H3/t19-/m0/s1. The third kappa shape index (κ3) is 4.26. The fraction of sp³-hybridized carbons (Fsp3) is 0.450. The Labute approximate surface area is 159 Å². The van der Waals surface area contributed by atoms with Gasteiger partial charge in [-0.1, -0.05) is 37.3 Å². The van der Waals surface area contributed by atoms with E-state index in [0.29, 0.717) is 6.54 Å². The topological polar surface area (TPSA) is 63.2 Å². The Morgan fingerprint density at radius 2 is 1.81 bits per heavy atom. The molecule has 0 saturated carbocycles. The van der Waals surface area contributed by atoms with Crippen LogP contribution in [-0.4, -0.2) is 56.2 Å². The van der Waals surface area contributed by atoms with Crippen LogP contribution in [-0.2, 0) is 13.1 Å². The molecule has 1 aliphatic heterocycles. The monoisotopic (exact) mass is 366 g/mol. The summed E-state index contributed by atoms with van der Waals surface area (Å²) in [5.41, 5.74) is 1.38. The molecule has 1 saturated heterocycles. The highest BCUT2D eigenvalue weighted by molar-refractivity contribution is 5.14. The third-order valence-corrected chi connectivity index (χ3v) is 5.23. The number of piperazine rings is 1. The molecule has 0 radical (unpaired) electrons. The smallest absolute Gasteiger partial charge is 0.168 e. The minimum absolute atomic E-state index is 0.230. The molecule has 0 spiro atoms. The molecule has 1 atom stereocenters. The van der Waals surface area contributed by atoms with Crippen LogP contribution < -0.4 is 0 Å². The van der Waals surface area contributed by atoms with Gasteiger partial charge >= 0.3 is 0 Å². The first-order valence-corrected chi connectivity index (χ1v) is 9.62. The van der Waals surface area contributed by atoms with Gasteiger partial charge in [0.1, 0.15) is 12.3 Å². The largest absolute Gasteiger partial charge is 0.467 e. The molecule has 0 N–H and O–H groups in total. The second kappa shape index (κ2) is 8.45. The summed E-state index contributed by atoms with van der Waals surface area (Å²) in [4.78, 5) is 5.02. The lowest BCUT2D eigenvalue weighted by molar-refractivity contribution is 0.0843. The highest BCUT2D eigenvalue weighted by Crippen LogP contribution is 2.24. The third-order valence-electron chi connectivity index (χ3n) is 5.23. The summed E-state index contributed by atoms with van der Waals surface area (Å²) >= 11 is 0. The minimum Gasteiger partial charge on any atom is -0.467 e. The van der Waals surface area contributed by atoms with Crippen molar-refractivity contribution in [2.24, 2.45) is 0 Å². The van der Waals surface area contributed by atoms with Gasteiger partial charge in [-0.3, -0.25) is 9.80 Å². The summed E-state index contributed by atoms with van der Waals surface area (Å²) in [5.74, 6) is 1.79. The summed E-state index contributed by atoms with van der Waals surface area (Å²) in [6, 6.07) is 14.8. The summed E-state index contributed by atoms with van der Waals surface area (Å²) in [7, 11) is 0. The van der Waals surface area contributed by atoms with Gasteiger partial charge in [-0.15, -0.1) is 5.10 Å². The van der Waals surface area contributed by atoms with Gasteiger partial charge in [0.25, 0.3) is 0 Å². The van der Waals surface area contributed by atoms with Gasteiger partial charge in [0.15, 0.2) is 5.82 Å². The number of aromatic nitrogens is 4. The zero-order valence-corrected chi connectivity index (χ0v) is 15.7. The maximum atomic E-state index is 5.45. The fourth-order valence-corrected chi connectivity index (χ4v) is 3.79. The van der Waals surface area contributed by atoms with Crippen molar-refractivity contribution in [1.29, 1.82) is 0 Å². The predicted octanol–water partition coefficient (Wildman–Crippen LogP) is 2.58. The predicted molar refractivity (Wildman–Crippen MR) is 102 cm³/mol. The Morgan fingerprint density at radius 3 is 2.52 bits per heavy atom. The Hall–Kier alpha value is -2.51. The van der Waals surface area contributed by atoms with Gasteiger partial charge in [0.05, 0.1) is 12.3 Å². The van der Waals surface area contributed by atoms with Gasteiger partial charge < -0.3 is 4.42 Å². The average molecular weight is 366 g/mol. The van der Waals surface area contributed by atoms with Crippen LogP contribution in [0.4, 0.5) is 0 Å². The Kier molecular flexibility index (Phi) is 5.60. The highest BCUT2D eigenvalue weighted by atomic mass is 16.3. The number of benzene rings is 1. The molecular formula is C20H26N6O. The molecule has 142 valence electrons. The number of hydrogen-bond donors (Lipinski definition) is 0. The summed E-state index contributed by atoms with van der Waals surface area (Å²) < 4.78 is 7.32. The average Bonchev–Trinajstić information content (AvgIpc) is 3.38. The molecule has 0 amide bonds. The van der Waals surface area contributed by atoms with Crippen molar-refractivity contribution in [2.45, 2.75) is 32.5 Å². The Balaban J connectivity index is 1.39. The fourth-order valence-electron chi connectivity index (χ4n) is 3.79. The Bertz CT molecular complexity index is 808. The first-order chi connectivity index (χ1) is 13.3. The summed E-state index contributed by atoms with van der Waals surface area (Å²) in [6.45, 7) is 7.96. The van der Waals surface area contributed by atoms with Gasteiger partial charge in [-0.2, -0.15) is 0 Å². The van der Waals surface area contributed by atoms with Crippen LogP contribution in [0.25, 0.3) is 0 Å². The van der Waals surface area contributed by atoms with Gasteiger partial charge in [0, 0.05) is 32.7 Å². The summed E-state index contributed by atoms with van der Waals surface area (Å²) in [6.07, 6.45) is 2.67. The first-order valence-electron chi connectivity index (χ1n) is 9.62. The lowest BCUT2D eigenvalue weighted by atomic mass is 10.1. The van der Waals surface area contributed by atoms with Gasteiger partial charge in [-0.25, -0.2) is 4.68 Å². The maximum absolute atomic E-state index is 5.45. The maximum Gasteiger partial charge on any atom is 0.168 e. The van der Waals surface area contributed by atoms with Gasteiger partial charge in [0.2, 0.25) is 0 Å². The van der Waals surface area contributed by atoms with Crippen LogP contribution in [0, 0.1) is 0 Å². The zero-order chi connectivity index (χ0) is 18.5. The molecule has 2 aromatic heterocycles. The van der Waals surface area contributed by atoms with E-state index in [0.717, 1.165) is 50.7 Å². The van der Waals surface area contributed by atoms with Gasteiger partial charge in [-0.05, 0) is 34.5 Å². The van der Waals surface area contributed by atoms with Crippen molar-refractivity contribution in [3.05, 3.63) is 65.9 Å². The van der Waals surface area contributed by atoms with Crippen molar-refractivity contribution in [3.8, 4) is 0 Å². The first kappa shape index (κ1) is 17.9. The van der Waals surface area contributed by atoms with Crippen LogP contribution >= 0.6 is 0 Å². The molecule has 1 aromatic carbocycles. The van der Waals surface area contributed by atoms with Crippen molar-refractivity contribution in [2.75, 3.05) is 26.2 Å². The molecule has 0 bridgehead atoms. The Morgan fingerprint density at radius 1 is 1.00 bits per heavy atom. The van der Waals surface area contributed by atoms with Crippen LogP contribution in [0.15, 0.2) is 53.1 Å². The van der Waals surface area contributed by atoms with Crippen molar-refractivity contribution >= 4 is 0 Å². The van der Waals surface area contributed by atoms with E-state index in [4.69, 9.17) is 4.42 Å². The molecule has 0 aliphatic carbocycles. The van der Waals surface area contributed by atoms with E-state index in [1.165, 1.54) is 5.56 Å². The zero-order valence-electron chi connectivity index (χ0n) is 15.7. The van der Waals surface area contributed by atoms with E-state index in [1.54, 1.807) is 6.26 Å². The van der Waals surface area contributed by atoms with Crippen LogP contribution in [0.1, 0.15) is 36.5 Å². The second-order valence-corrected chi connectivity index (χ2v) is 7.00. The molecule has 1 aliphatic rings. The SMILES string of the molecule is CC[C@@H](c1nnnn1Cc1ccco1)N1CCN(Cc2ccccc2)CC1. The van der Waals surface area contributed by atoms with Crippen molar-refractivity contribution < 1.29 is 4.42 Å². The van der Waals surface area contributed by atoms with Crippen molar-refractivity contribution in [1.82, 2.24) is 30.0 Å². The molecular weight excluding hydrogens is 340 g/mol. The van der Waals surface area contributed by atoms with E-state index in [-0.39, 0.29) is 6.04 Å². The number of tetrazole rings is 1. The molecule has 3 heterocycles. The highest BCUT2D eigenvalue weighted by Gasteiger charge is 2.28. The molecule has 1 fully saturated rings. The molecule has 7 nitrogen and oxygen atoms in total. The number of hydrogen-bond acceptors (Lipinski definition) is 6. The number of rotatable bonds is 7. The van der Waals surface area contributed by atoms with E-state index >= 15 is 0 Å². The molecule has 4 rings (SSSR count). The lowest BCUT2D eigenvalue weighted by Gasteiger charge is -2.38. The van der Waals surface area contributed by atoms with E-state index < -0.39 is 0 Å². The normalized spacial score (nSPS) is 17.2. The van der Waals surface area contributed by atoms with E-state index in [1.807, 2.05) is 16.8 Å². The molecule has 7 heteroatoms. The number of nitrogens with zero attached hydrogens (tertiary/aromatic N) is 6. The quantitative estimate of drug-likeness (QED) is 0.640. The second-order valence-electron chi connectivity index (χ2n) is 7.00. The number of furan rings is 1. The molecule has 0 unspecified atom stereocenters. The van der Waals surface area contributed by atoms with Crippen LogP contribution in [0.2, 0.25) is 0 Å². The van der Waals surface area contributed by atoms with E-state index in [9.17, 15) is 0 Å². The molecule has 27 heavy (non-hydrogen) atoms. The summed E-state index contributed by atoms with van der Waals surface area (Å²) in [5, 5.41) is 12.4. The van der Waals surface area contributed by atoms with E-state index in [2.05, 4.69) is 62.6 Å². The van der Waals surface area contributed by atoms with Crippen LogP contribution in [0.3, 0.4) is 0 Å².